The fraction of sp³-hybridized carbons (Fsp3) is 0.333. The van der Waals surface area contributed by atoms with Crippen molar-refractivity contribution in [3.63, 3.8) is 0 Å². The Morgan fingerprint density at radius 1 is 1.35 bits per heavy atom. The van der Waals surface area contributed by atoms with Crippen molar-refractivity contribution >= 4 is 23.0 Å². The van der Waals surface area contributed by atoms with Gasteiger partial charge in [0.05, 0.1) is 17.2 Å². The quantitative estimate of drug-likeness (QED) is 0.850. The van der Waals surface area contributed by atoms with E-state index in [9.17, 15) is 4.79 Å². The second-order valence-corrected chi connectivity index (χ2v) is 5.67. The molecule has 2 rings (SSSR count). The van der Waals surface area contributed by atoms with E-state index >= 15 is 0 Å². The van der Waals surface area contributed by atoms with Crippen LogP contribution in [0.2, 0.25) is 0 Å². The van der Waals surface area contributed by atoms with Crippen molar-refractivity contribution in [1.82, 2.24) is 4.98 Å². The van der Waals surface area contributed by atoms with Gasteiger partial charge in [-0.15, -0.1) is 11.3 Å². The molecule has 1 N–H and O–H groups in total. The molecule has 0 atom stereocenters. The van der Waals surface area contributed by atoms with E-state index in [2.05, 4.69) is 15.3 Å². The molecule has 0 saturated heterocycles. The summed E-state index contributed by atoms with van der Waals surface area (Å²) in [5.41, 5.74) is 2.13. The number of thiazole rings is 1. The van der Waals surface area contributed by atoms with E-state index in [1.54, 1.807) is 11.3 Å². The molecule has 1 heterocycles. The Hall–Kier alpha value is -1.88. The van der Waals surface area contributed by atoms with Gasteiger partial charge in [0.15, 0.2) is 0 Å². The summed E-state index contributed by atoms with van der Waals surface area (Å²) in [6.07, 6.45) is 0.826. The van der Waals surface area contributed by atoms with Crippen molar-refractivity contribution < 1.29 is 9.90 Å². The van der Waals surface area contributed by atoms with Crippen molar-refractivity contribution in [3.05, 3.63) is 46.4 Å². The van der Waals surface area contributed by atoms with Crippen LogP contribution in [0.1, 0.15) is 23.5 Å². The van der Waals surface area contributed by atoms with Crippen LogP contribution in [0, 0.1) is 6.92 Å². The zero-order chi connectivity index (χ0) is 14.4. The number of aromatic nitrogens is 1. The van der Waals surface area contributed by atoms with Crippen LogP contribution >= 0.6 is 11.3 Å². The predicted molar refractivity (Wildman–Crippen MR) is 81.2 cm³/mol. The molecule has 106 valence electrons. The molecular formula is C15H18N2O2S. The van der Waals surface area contributed by atoms with Gasteiger partial charge in [0.1, 0.15) is 0 Å². The molecule has 0 unspecified atom stereocenters. The van der Waals surface area contributed by atoms with E-state index in [4.69, 9.17) is 5.11 Å². The summed E-state index contributed by atoms with van der Waals surface area (Å²) in [6, 6.07) is 10.0. The lowest BCUT2D eigenvalue weighted by Crippen LogP contribution is -2.24. The van der Waals surface area contributed by atoms with Crippen LogP contribution < -0.4 is 4.90 Å². The molecular weight excluding hydrogens is 272 g/mol. The molecule has 5 heteroatoms. The number of carbonyl (C=O) groups is 1. The van der Waals surface area contributed by atoms with Crippen LogP contribution in [0.25, 0.3) is 0 Å². The lowest BCUT2D eigenvalue weighted by molar-refractivity contribution is -0.137. The van der Waals surface area contributed by atoms with Gasteiger partial charge in [-0.3, -0.25) is 4.79 Å². The van der Waals surface area contributed by atoms with Crippen LogP contribution in [0.4, 0.5) is 5.69 Å². The number of hydrogen-bond acceptors (Lipinski definition) is 4. The monoisotopic (exact) mass is 290 g/mol. The fourth-order valence-corrected chi connectivity index (χ4v) is 2.64. The number of rotatable bonds is 7. The third-order valence-electron chi connectivity index (χ3n) is 2.96. The smallest absolute Gasteiger partial charge is 0.303 e. The van der Waals surface area contributed by atoms with Gasteiger partial charge >= 0.3 is 5.97 Å². The number of carboxylic acids is 1. The second-order valence-electron chi connectivity index (χ2n) is 4.61. The molecule has 0 aliphatic carbocycles. The van der Waals surface area contributed by atoms with Crippen LogP contribution in [-0.2, 0) is 11.3 Å². The van der Waals surface area contributed by atoms with Crippen LogP contribution in [0.3, 0.4) is 0 Å². The first-order chi connectivity index (χ1) is 9.65. The number of aryl methyl sites for hydroxylation is 1. The van der Waals surface area contributed by atoms with Gasteiger partial charge in [0, 0.05) is 24.0 Å². The Morgan fingerprint density at radius 3 is 2.70 bits per heavy atom. The number of anilines is 1. The molecule has 0 saturated carbocycles. The molecule has 1 aromatic carbocycles. The van der Waals surface area contributed by atoms with E-state index in [1.807, 2.05) is 37.3 Å². The minimum Gasteiger partial charge on any atom is -0.481 e. The molecule has 0 aliphatic heterocycles. The van der Waals surface area contributed by atoms with Crippen LogP contribution in [-0.4, -0.2) is 22.6 Å². The van der Waals surface area contributed by atoms with Crippen molar-refractivity contribution in [2.75, 3.05) is 11.4 Å². The van der Waals surface area contributed by atoms with Gasteiger partial charge in [0.25, 0.3) is 0 Å². The van der Waals surface area contributed by atoms with E-state index in [1.165, 1.54) is 0 Å². The first kappa shape index (κ1) is 14.5. The number of nitrogens with zero attached hydrogens (tertiary/aromatic N) is 2. The Labute approximate surface area is 122 Å². The van der Waals surface area contributed by atoms with Crippen molar-refractivity contribution in [1.29, 1.82) is 0 Å². The summed E-state index contributed by atoms with van der Waals surface area (Å²) in [6.45, 7) is 3.42. The predicted octanol–water partition coefficient (Wildman–Crippen LogP) is 3.32. The van der Waals surface area contributed by atoms with E-state index in [0.29, 0.717) is 19.5 Å². The Balaban J connectivity index is 2.05. The van der Waals surface area contributed by atoms with Gasteiger partial charge in [-0.25, -0.2) is 4.98 Å². The summed E-state index contributed by atoms with van der Waals surface area (Å²) in [7, 11) is 0. The standard InChI is InChI=1S/C15H18N2O2S/c1-12-16-13(11-20-12)10-17(9-5-8-15(18)19)14-6-3-2-4-7-14/h2-4,6-7,11H,5,8-10H2,1H3,(H,18,19). The molecule has 0 amide bonds. The minimum absolute atomic E-state index is 0.194. The van der Waals surface area contributed by atoms with Crippen molar-refractivity contribution in [3.8, 4) is 0 Å². The molecule has 0 spiro atoms. The molecule has 1 aromatic heterocycles. The highest BCUT2D eigenvalue weighted by molar-refractivity contribution is 7.09. The molecule has 20 heavy (non-hydrogen) atoms. The maximum atomic E-state index is 10.6. The zero-order valence-electron chi connectivity index (χ0n) is 11.5. The SMILES string of the molecule is Cc1nc(CN(CCCC(=O)O)c2ccccc2)cs1. The first-order valence-electron chi connectivity index (χ1n) is 6.58. The fourth-order valence-electron chi connectivity index (χ4n) is 2.04. The second kappa shape index (κ2) is 7.05. The highest BCUT2D eigenvalue weighted by Gasteiger charge is 2.10. The summed E-state index contributed by atoms with van der Waals surface area (Å²) >= 11 is 1.64. The molecule has 0 radical (unpaired) electrons. The average Bonchev–Trinajstić information content (AvgIpc) is 2.84. The van der Waals surface area contributed by atoms with Crippen LogP contribution in [0.5, 0.6) is 0 Å². The number of para-hydroxylation sites is 1. The van der Waals surface area contributed by atoms with Gasteiger partial charge in [-0.1, -0.05) is 18.2 Å². The average molecular weight is 290 g/mol. The maximum Gasteiger partial charge on any atom is 0.303 e. The normalized spacial score (nSPS) is 10.4. The molecule has 0 fully saturated rings. The molecule has 2 aromatic rings. The van der Waals surface area contributed by atoms with E-state index in [-0.39, 0.29) is 6.42 Å². The number of aliphatic carboxylic acids is 1. The van der Waals surface area contributed by atoms with Gasteiger partial charge < -0.3 is 10.0 Å². The number of carboxylic acid groups (broad SMARTS) is 1. The summed E-state index contributed by atoms with van der Waals surface area (Å²) in [4.78, 5) is 17.3. The van der Waals surface area contributed by atoms with Gasteiger partial charge in [-0.2, -0.15) is 0 Å². The summed E-state index contributed by atoms with van der Waals surface area (Å²) in [5.74, 6) is -0.748. The van der Waals surface area contributed by atoms with E-state index < -0.39 is 5.97 Å². The molecule has 4 nitrogen and oxygen atoms in total. The summed E-state index contributed by atoms with van der Waals surface area (Å²) < 4.78 is 0. The Bertz CT molecular complexity index is 554. The highest BCUT2D eigenvalue weighted by Crippen LogP contribution is 2.18. The lowest BCUT2D eigenvalue weighted by Gasteiger charge is -2.23. The maximum absolute atomic E-state index is 10.6. The number of hydrogen-bond donors (Lipinski definition) is 1. The highest BCUT2D eigenvalue weighted by atomic mass is 32.1. The Morgan fingerprint density at radius 2 is 2.10 bits per heavy atom. The zero-order valence-corrected chi connectivity index (χ0v) is 12.3. The van der Waals surface area contributed by atoms with Crippen LogP contribution in [0.15, 0.2) is 35.7 Å². The van der Waals surface area contributed by atoms with Gasteiger partial charge in [0.2, 0.25) is 0 Å². The largest absolute Gasteiger partial charge is 0.481 e. The minimum atomic E-state index is -0.748. The molecule has 0 bridgehead atoms. The topological polar surface area (TPSA) is 53.4 Å². The van der Waals surface area contributed by atoms with Crippen molar-refractivity contribution in [2.45, 2.75) is 26.3 Å². The van der Waals surface area contributed by atoms with E-state index in [0.717, 1.165) is 16.4 Å². The third-order valence-corrected chi connectivity index (χ3v) is 3.78. The third kappa shape index (κ3) is 4.35. The van der Waals surface area contributed by atoms with Gasteiger partial charge in [-0.05, 0) is 25.5 Å². The first-order valence-corrected chi connectivity index (χ1v) is 7.46. The van der Waals surface area contributed by atoms with Crippen molar-refractivity contribution in [2.24, 2.45) is 0 Å². The number of benzene rings is 1. The Kier molecular flexibility index (Phi) is 5.12. The lowest BCUT2D eigenvalue weighted by atomic mass is 10.2. The summed E-state index contributed by atoms with van der Waals surface area (Å²) in [5, 5.41) is 11.9. The molecule has 0 aliphatic rings.